The zero-order valence-corrected chi connectivity index (χ0v) is 11.1. The van der Waals surface area contributed by atoms with Crippen molar-refractivity contribution in [3.05, 3.63) is 41.9 Å². The zero-order chi connectivity index (χ0) is 14.3. The molecule has 3 aromatic rings. The summed E-state index contributed by atoms with van der Waals surface area (Å²) in [5.41, 5.74) is 3.66. The lowest BCUT2D eigenvalue weighted by Gasteiger charge is -2.03. The maximum atomic E-state index is 9.49. The Kier molecular flexibility index (Phi) is 2.65. The highest BCUT2D eigenvalue weighted by Crippen LogP contribution is 2.26. The molecule has 20 heavy (non-hydrogen) atoms. The highest BCUT2D eigenvalue weighted by atomic mass is 16.3. The number of aromatic hydroxyl groups is 1. The van der Waals surface area contributed by atoms with E-state index in [0.717, 1.165) is 22.4 Å². The lowest BCUT2D eigenvalue weighted by molar-refractivity contribution is 0.471. The van der Waals surface area contributed by atoms with Crippen LogP contribution in [0.25, 0.3) is 22.3 Å². The maximum Gasteiger partial charge on any atom is 0.151 e. The second kappa shape index (κ2) is 4.35. The monoisotopic (exact) mass is 264 g/mol. The van der Waals surface area contributed by atoms with Crippen molar-refractivity contribution in [2.24, 2.45) is 7.05 Å². The van der Waals surface area contributed by atoms with Gasteiger partial charge in [0.1, 0.15) is 11.9 Å². The first-order chi connectivity index (χ1) is 9.60. The first-order valence-electron chi connectivity index (χ1n) is 6.12. The van der Waals surface area contributed by atoms with Gasteiger partial charge in [0.15, 0.2) is 5.75 Å². The number of nitriles is 1. The minimum absolute atomic E-state index is 0.106. The first kappa shape index (κ1) is 12.2. The number of imidazole rings is 1. The Morgan fingerprint density at radius 2 is 2.10 bits per heavy atom. The van der Waals surface area contributed by atoms with E-state index in [0.29, 0.717) is 5.69 Å². The number of nitrogens with zero attached hydrogens (tertiary/aromatic N) is 4. The van der Waals surface area contributed by atoms with Gasteiger partial charge in [0.2, 0.25) is 0 Å². The van der Waals surface area contributed by atoms with Gasteiger partial charge in [0.25, 0.3) is 0 Å². The van der Waals surface area contributed by atoms with Gasteiger partial charge in [-0.25, -0.2) is 4.98 Å². The van der Waals surface area contributed by atoms with E-state index in [2.05, 4.69) is 9.97 Å². The lowest BCUT2D eigenvalue weighted by atomic mass is 10.1. The topological polar surface area (TPSA) is 74.7 Å². The van der Waals surface area contributed by atoms with Gasteiger partial charge in [0, 0.05) is 12.6 Å². The number of fused-ring (bicyclic) bond motifs is 1. The van der Waals surface area contributed by atoms with Crippen LogP contribution < -0.4 is 0 Å². The van der Waals surface area contributed by atoms with Crippen LogP contribution in [0.5, 0.6) is 5.75 Å². The number of aromatic nitrogens is 3. The Morgan fingerprint density at radius 3 is 2.85 bits per heavy atom. The predicted molar refractivity (Wildman–Crippen MR) is 75.1 cm³/mol. The minimum Gasteiger partial charge on any atom is -0.505 e. The number of hydrogen-bond acceptors (Lipinski definition) is 4. The fourth-order valence-corrected chi connectivity index (χ4v) is 2.18. The molecule has 0 bridgehead atoms. The number of aryl methyl sites for hydroxylation is 2. The Morgan fingerprint density at radius 1 is 1.30 bits per heavy atom. The molecule has 0 fully saturated rings. The lowest BCUT2D eigenvalue weighted by Crippen LogP contribution is -1.90. The van der Waals surface area contributed by atoms with Gasteiger partial charge in [-0.1, -0.05) is 6.07 Å². The van der Waals surface area contributed by atoms with Crippen molar-refractivity contribution >= 4 is 11.0 Å². The van der Waals surface area contributed by atoms with E-state index >= 15 is 0 Å². The quantitative estimate of drug-likeness (QED) is 0.732. The summed E-state index contributed by atoms with van der Waals surface area (Å²) < 4.78 is 2.02. The molecule has 5 nitrogen and oxygen atoms in total. The summed E-state index contributed by atoms with van der Waals surface area (Å²) in [6.45, 7) is 1.95. The fraction of sp³-hybridized carbons (Fsp3) is 0.133. The van der Waals surface area contributed by atoms with Crippen LogP contribution in [-0.4, -0.2) is 19.6 Å². The normalized spacial score (nSPS) is 10.7. The number of benzene rings is 1. The summed E-state index contributed by atoms with van der Waals surface area (Å²) >= 11 is 0. The van der Waals surface area contributed by atoms with E-state index in [1.165, 1.54) is 6.20 Å². The van der Waals surface area contributed by atoms with Crippen LogP contribution in [-0.2, 0) is 7.05 Å². The molecule has 0 amide bonds. The molecule has 2 heterocycles. The molecule has 0 unspecified atom stereocenters. The molecule has 3 rings (SSSR count). The number of rotatable bonds is 1. The molecule has 0 saturated heterocycles. The summed E-state index contributed by atoms with van der Waals surface area (Å²) in [5, 5.41) is 18.4. The van der Waals surface area contributed by atoms with Crippen molar-refractivity contribution in [1.29, 1.82) is 5.26 Å². The molecule has 5 heteroatoms. The summed E-state index contributed by atoms with van der Waals surface area (Å²) in [5.74, 6) is 0.833. The standard InChI is InChI=1S/C15H12N4O/c1-9-18-13-5-10(3-4-14(13)19(9)2)12-6-11(7-16)15(20)8-17-12/h3-6,8,20H,1-2H3. The van der Waals surface area contributed by atoms with Crippen molar-refractivity contribution in [2.75, 3.05) is 0 Å². The van der Waals surface area contributed by atoms with Crippen LogP contribution in [0, 0.1) is 18.3 Å². The second-order valence-corrected chi connectivity index (χ2v) is 4.62. The van der Waals surface area contributed by atoms with Gasteiger partial charge in [0.05, 0.1) is 28.5 Å². The van der Waals surface area contributed by atoms with Gasteiger partial charge in [-0.3, -0.25) is 4.98 Å². The fourth-order valence-electron chi connectivity index (χ4n) is 2.18. The smallest absolute Gasteiger partial charge is 0.151 e. The molecule has 0 radical (unpaired) electrons. The van der Waals surface area contributed by atoms with Crippen LogP contribution in [0.2, 0.25) is 0 Å². The van der Waals surface area contributed by atoms with Crippen molar-refractivity contribution in [3.63, 3.8) is 0 Å². The first-order valence-corrected chi connectivity index (χ1v) is 6.12. The SMILES string of the molecule is Cc1nc2cc(-c3cc(C#N)c(O)cn3)ccc2n1C. The van der Waals surface area contributed by atoms with E-state index in [1.807, 2.05) is 42.8 Å². The molecule has 1 N–H and O–H groups in total. The zero-order valence-electron chi connectivity index (χ0n) is 11.1. The molecule has 0 saturated carbocycles. The predicted octanol–water partition coefficient (Wildman–Crippen LogP) is 2.52. The highest BCUT2D eigenvalue weighted by molar-refractivity contribution is 5.82. The molecular formula is C15H12N4O. The van der Waals surface area contributed by atoms with E-state index in [4.69, 9.17) is 5.26 Å². The summed E-state index contributed by atoms with van der Waals surface area (Å²) in [6, 6.07) is 9.37. The van der Waals surface area contributed by atoms with Crippen LogP contribution >= 0.6 is 0 Å². The third kappa shape index (κ3) is 1.79. The molecule has 98 valence electrons. The van der Waals surface area contributed by atoms with E-state index in [9.17, 15) is 5.11 Å². The van der Waals surface area contributed by atoms with Crippen LogP contribution in [0.4, 0.5) is 0 Å². The van der Waals surface area contributed by atoms with Crippen LogP contribution in [0.1, 0.15) is 11.4 Å². The van der Waals surface area contributed by atoms with Gasteiger partial charge in [-0.05, 0) is 25.1 Å². The number of hydrogen-bond donors (Lipinski definition) is 1. The van der Waals surface area contributed by atoms with Gasteiger partial charge in [-0.15, -0.1) is 0 Å². The molecule has 0 aliphatic rings. The summed E-state index contributed by atoms with van der Waals surface area (Å²) in [7, 11) is 1.97. The maximum absolute atomic E-state index is 9.49. The largest absolute Gasteiger partial charge is 0.505 e. The Balaban J connectivity index is 2.17. The van der Waals surface area contributed by atoms with Crippen LogP contribution in [0.15, 0.2) is 30.5 Å². The van der Waals surface area contributed by atoms with Crippen molar-refractivity contribution in [1.82, 2.24) is 14.5 Å². The van der Waals surface area contributed by atoms with Gasteiger partial charge >= 0.3 is 0 Å². The number of pyridine rings is 1. The third-order valence-corrected chi connectivity index (χ3v) is 3.40. The third-order valence-electron chi connectivity index (χ3n) is 3.40. The molecule has 0 atom stereocenters. The average Bonchev–Trinajstić information content (AvgIpc) is 2.74. The van der Waals surface area contributed by atoms with E-state index in [-0.39, 0.29) is 11.3 Å². The van der Waals surface area contributed by atoms with Crippen molar-refractivity contribution < 1.29 is 5.11 Å². The average molecular weight is 264 g/mol. The van der Waals surface area contributed by atoms with E-state index < -0.39 is 0 Å². The molecular weight excluding hydrogens is 252 g/mol. The summed E-state index contributed by atoms with van der Waals surface area (Å²) in [4.78, 5) is 8.64. The van der Waals surface area contributed by atoms with Crippen molar-refractivity contribution in [3.8, 4) is 23.1 Å². The summed E-state index contributed by atoms with van der Waals surface area (Å²) in [6.07, 6.45) is 1.29. The van der Waals surface area contributed by atoms with Gasteiger partial charge in [-0.2, -0.15) is 5.26 Å². The highest BCUT2D eigenvalue weighted by Gasteiger charge is 2.09. The molecule has 0 spiro atoms. The van der Waals surface area contributed by atoms with Crippen molar-refractivity contribution in [2.45, 2.75) is 6.92 Å². The Hall–Kier alpha value is -2.87. The molecule has 0 aliphatic carbocycles. The van der Waals surface area contributed by atoms with Gasteiger partial charge < -0.3 is 9.67 Å². The van der Waals surface area contributed by atoms with E-state index in [1.54, 1.807) is 6.07 Å². The molecule has 0 aliphatic heterocycles. The second-order valence-electron chi connectivity index (χ2n) is 4.62. The minimum atomic E-state index is -0.106. The van der Waals surface area contributed by atoms with Crippen LogP contribution in [0.3, 0.4) is 0 Å². The Labute approximate surface area is 115 Å². The molecule has 1 aromatic carbocycles. The molecule has 2 aromatic heterocycles. The Bertz CT molecular complexity index is 858.